The Bertz CT molecular complexity index is 717. The van der Waals surface area contributed by atoms with Crippen LogP contribution in [0, 0.1) is 0 Å². The van der Waals surface area contributed by atoms with Crippen LogP contribution in [0.4, 0.5) is 5.69 Å². The first-order valence-corrected chi connectivity index (χ1v) is 11.1. The number of aliphatic imine (C=N–C) groups is 1. The maximum atomic E-state index is 11.1. The molecule has 0 bridgehead atoms. The first-order valence-electron chi connectivity index (χ1n) is 8.88. The molecular formula is C17H29ClIN5O2S. The van der Waals surface area contributed by atoms with Gasteiger partial charge in [-0.1, -0.05) is 23.7 Å². The van der Waals surface area contributed by atoms with Crippen molar-refractivity contribution in [3.63, 3.8) is 0 Å². The summed E-state index contributed by atoms with van der Waals surface area (Å²) in [6, 6.07) is 8.14. The van der Waals surface area contributed by atoms with Crippen molar-refractivity contribution in [1.29, 1.82) is 0 Å². The highest BCUT2D eigenvalue weighted by Gasteiger charge is 2.22. The van der Waals surface area contributed by atoms with Crippen molar-refractivity contribution >= 4 is 57.2 Å². The van der Waals surface area contributed by atoms with Crippen LogP contribution in [0.1, 0.15) is 19.8 Å². The smallest absolute Gasteiger partial charge is 0.208 e. The molecule has 3 N–H and O–H groups in total. The van der Waals surface area contributed by atoms with Crippen LogP contribution in [0.3, 0.4) is 0 Å². The van der Waals surface area contributed by atoms with E-state index in [4.69, 9.17) is 11.6 Å². The average Bonchev–Trinajstić information content (AvgIpc) is 2.59. The molecule has 1 aliphatic heterocycles. The van der Waals surface area contributed by atoms with Crippen molar-refractivity contribution in [2.75, 3.05) is 43.9 Å². The molecule has 1 fully saturated rings. The second-order valence-electron chi connectivity index (χ2n) is 6.31. The summed E-state index contributed by atoms with van der Waals surface area (Å²) >= 11 is 6.33. The zero-order valence-corrected chi connectivity index (χ0v) is 19.6. The van der Waals surface area contributed by atoms with E-state index in [0.717, 1.165) is 49.4 Å². The molecule has 7 nitrogen and oxygen atoms in total. The highest BCUT2D eigenvalue weighted by molar-refractivity contribution is 14.0. The van der Waals surface area contributed by atoms with Crippen LogP contribution in [-0.4, -0.2) is 59.4 Å². The minimum atomic E-state index is -3.18. The summed E-state index contributed by atoms with van der Waals surface area (Å²) in [6.07, 6.45) is 3.26. The molecule has 1 atom stereocenters. The minimum absolute atomic E-state index is 0. The number of guanidine groups is 1. The number of hydrogen-bond donors (Lipinski definition) is 3. The fourth-order valence-electron chi connectivity index (χ4n) is 2.93. The summed E-state index contributed by atoms with van der Waals surface area (Å²) in [5.74, 6) is 0.703. The maximum Gasteiger partial charge on any atom is 0.208 e. The van der Waals surface area contributed by atoms with Gasteiger partial charge in [-0.15, -0.1) is 24.0 Å². The van der Waals surface area contributed by atoms with Crippen LogP contribution >= 0.6 is 35.6 Å². The fraction of sp³-hybridized carbons (Fsp3) is 0.588. The quantitative estimate of drug-likeness (QED) is 0.218. The monoisotopic (exact) mass is 529 g/mol. The molecule has 0 spiro atoms. The van der Waals surface area contributed by atoms with E-state index in [2.05, 4.69) is 25.2 Å². The van der Waals surface area contributed by atoms with Crippen LogP contribution in [-0.2, 0) is 10.0 Å². The van der Waals surface area contributed by atoms with E-state index in [-0.39, 0.29) is 36.6 Å². The zero-order valence-electron chi connectivity index (χ0n) is 15.7. The second-order valence-corrected chi connectivity index (χ2v) is 8.55. The number of sulfonamides is 1. The summed E-state index contributed by atoms with van der Waals surface area (Å²) in [5.41, 5.74) is 1.06. The molecule has 2 rings (SSSR count). The third kappa shape index (κ3) is 8.84. The standard InChI is InChI=1S/C17H28ClN5O2S.HI/c1-3-19-17(20-10-11-21-26(2,24)25)22-14-7-6-12-23(13-14)16-9-5-4-8-15(16)18;/h4-5,8-9,14,21H,3,6-7,10-13H2,1-2H3,(H2,19,20,22);1H. The Kier molecular flexibility index (Phi) is 10.7. The molecule has 1 aromatic rings. The number of halogens is 2. The lowest BCUT2D eigenvalue weighted by Gasteiger charge is -2.35. The number of nitrogens with one attached hydrogen (secondary N) is 3. The van der Waals surface area contributed by atoms with Gasteiger partial charge in [0.25, 0.3) is 0 Å². The predicted molar refractivity (Wildman–Crippen MR) is 124 cm³/mol. The van der Waals surface area contributed by atoms with E-state index in [1.807, 2.05) is 31.2 Å². The van der Waals surface area contributed by atoms with Crippen molar-refractivity contribution < 1.29 is 8.42 Å². The predicted octanol–water partition coefficient (Wildman–Crippen LogP) is 2.03. The number of rotatable bonds is 7. The molecule has 0 amide bonds. The second kappa shape index (κ2) is 11.9. The van der Waals surface area contributed by atoms with E-state index in [9.17, 15) is 8.42 Å². The van der Waals surface area contributed by atoms with E-state index < -0.39 is 10.0 Å². The molecule has 27 heavy (non-hydrogen) atoms. The van der Waals surface area contributed by atoms with E-state index in [0.29, 0.717) is 12.5 Å². The molecule has 0 aromatic heterocycles. The highest BCUT2D eigenvalue weighted by atomic mass is 127. The van der Waals surface area contributed by atoms with Crippen molar-refractivity contribution in [3.05, 3.63) is 29.3 Å². The van der Waals surface area contributed by atoms with Gasteiger partial charge in [0.1, 0.15) is 0 Å². The summed E-state index contributed by atoms with van der Waals surface area (Å²) in [6.45, 7) is 5.23. The minimum Gasteiger partial charge on any atom is -0.368 e. The molecule has 1 aliphatic rings. The van der Waals surface area contributed by atoms with Gasteiger partial charge in [-0.2, -0.15) is 0 Å². The Morgan fingerprint density at radius 2 is 2.11 bits per heavy atom. The average molecular weight is 530 g/mol. The molecule has 154 valence electrons. The van der Waals surface area contributed by atoms with Gasteiger partial charge in [0.2, 0.25) is 10.0 Å². The topological polar surface area (TPSA) is 85.8 Å². The summed E-state index contributed by atoms with van der Waals surface area (Å²) < 4.78 is 24.7. The SMILES string of the molecule is CCNC(=NCCNS(C)(=O)=O)NC1CCCN(c2ccccc2Cl)C1.I. The largest absolute Gasteiger partial charge is 0.368 e. The number of benzene rings is 1. The van der Waals surface area contributed by atoms with Gasteiger partial charge in [-0.05, 0) is 31.9 Å². The molecule has 0 saturated carbocycles. The number of para-hydroxylation sites is 1. The van der Waals surface area contributed by atoms with Crippen molar-refractivity contribution in [2.45, 2.75) is 25.8 Å². The van der Waals surface area contributed by atoms with Gasteiger partial charge >= 0.3 is 0 Å². The Balaban J connectivity index is 0.00000364. The third-order valence-electron chi connectivity index (χ3n) is 4.05. The molecule has 0 radical (unpaired) electrons. The number of hydrogen-bond acceptors (Lipinski definition) is 4. The molecule has 1 heterocycles. The Morgan fingerprint density at radius 1 is 1.37 bits per heavy atom. The third-order valence-corrected chi connectivity index (χ3v) is 5.09. The Morgan fingerprint density at radius 3 is 2.78 bits per heavy atom. The van der Waals surface area contributed by atoms with E-state index >= 15 is 0 Å². The van der Waals surface area contributed by atoms with E-state index in [1.54, 1.807) is 0 Å². The van der Waals surface area contributed by atoms with Crippen molar-refractivity contribution in [1.82, 2.24) is 15.4 Å². The number of piperidine rings is 1. The molecule has 1 aromatic carbocycles. The fourth-order valence-corrected chi connectivity index (χ4v) is 3.65. The lowest BCUT2D eigenvalue weighted by atomic mass is 10.0. The number of nitrogens with zero attached hydrogens (tertiary/aromatic N) is 2. The normalized spacial score (nSPS) is 18.0. The molecule has 1 saturated heterocycles. The lowest BCUT2D eigenvalue weighted by molar-refractivity contribution is 0.468. The first-order chi connectivity index (χ1) is 12.4. The summed E-state index contributed by atoms with van der Waals surface area (Å²) in [7, 11) is -3.18. The van der Waals surface area contributed by atoms with Crippen LogP contribution < -0.4 is 20.3 Å². The molecule has 1 unspecified atom stereocenters. The van der Waals surface area contributed by atoms with Gasteiger partial charge in [-0.3, -0.25) is 4.99 Å². The number of anilines is 1. The molecular weight excluding hydrogens is 501 g/mol. The Hall–Kier alpha value is -0.780. The molecule has 0 aliphatic carbocycles. The maximum absolute atomic E-state index is 11.1. The van der Waals surface area contributed by atoms with Crippen LogP contribution in [0.5, 0.6) is 0 Å². The van der Waals surface area contributed by atoms with E-state index in [1.165, 1.54) is 0 Å². The van der Waals surface area contributed by atoms with Crippen LogP contribution in [0.25, 0.3) is 0 Å². The van der Waals surface area contributed by atoms with Gasteiger partial charge in [0.15, 0.2) is 5.96 Å². The summed E-state index contributed by atoms with van der Waals surface area (Å²) in [4.78, 5) is 6.74. The zero-order chi connectivity index (χ0) is 19.0. The van der Waals surface area contributed by atoms with Crippen LogP contribution in [0.2, 0.25) is 5.02 Å². The van der Waals surface area contributed by atoms with Gasteiger partial charge in [0.05, 0.1) is 23.5 Å². The lowest BCUT2D eigenvalue weighted by Crippen LogP contribution is -2.51. The van der Waals surface area contributed by atoms with Crippen molar-refractivity contribution in [2.24, 2.45) is 4.99 Å². The molecule has 10 heteroatoms. The first kappa shape index (κ1) is 24.3. The van der Waals surface area contributed by atoms with Gasteiger partial charge in [0, 0.05) is 32.2 Å². The highest BCUT2D eigenvalue weighted by Crippen LogP contribution is 2.27. The van der Waals surface area contributed by atoms with Gasteiger partial charge < -0.3 is 15.5 Å². The van der Waals surface area contributed by atoms with Crippen LogP contribution in [0.15, 0.2) is 29.3 Å². The Labute approximate surface area is 184 Å². The summed E-state index contributed by atoms with van der Waals surface area (Å²) in [5, 5.41) is 7.43. The van der Waals surface area contributed by atoms with Gasteiger partial charge in [-0.25, -0.2) is 13.1 Å². The van der Waals surface area contributed by atoms with Crippen molar-refractivity contribution in [3.8, 4) is 0 Å².